The van der Waals surface area contributed by atoms with Crippen molar-refractivity contribution in [3.05, 3.63) is 23.9 Å². The summed E-state index contributed by atoms with van der Waals surface area (Å²) in [5.41, 5.74) is 0. The summed E-state index contributed by atoms with van der Waals surface area (Å²) in [6, 6.07) is 2.06. The lowest BCUT2D eigenvalue weighted by Gasteiger charge is -2.23. The van der Waals surface area contributed by atoms with E-state index in [9.17, 15) is 4.79 Å². The minimum atomic E-state index is -0.0508. The molecule has 8 heteroatoms. The van der Waals surface area contributed by atoms with E-state index in [1.807, 2.05) is 15.4 Å². The molecule has 0 saturated heterocycles. The number of hydrogen-bond acceptors (Lipinski definition) is 5. The number of rotatable bonds is 7. The van der Waals surface area contributed by atoms with Gasteiger partial charge in [-0.3, -0.25) is 4.79 Å². The van der Waals surface area contributed by atoms with Crippen molar-refractivity contribution in [3.63, 3.8) is 0 Å². The van der Waals surface area contributed by atoms with Crippen LogP contribution in [0.2, 0.25) is 0 Å². The minimum absolute atomic E-state index is 0.0508. The van der Waals surface area contributed by atoms with Crippen LogP contribution in [0.4, 0.5) is 5.82 Å². The summed E-state index contributed by atoms with van der Waals surface area (Å²) >= 11 is 0. The standard InChI is InChI=1S/C17H27N7O/c1-4-9-23-15(7-8-19-23)20-16(25)10-18-13-5-6-14-21-17(12(2)3)22-24(14)11-13/h7-8,12-13,18H,4-6,9-11H2,1-3H3,(H,20,25)/t13-/m1/s1. The lowest BCUT2D eigenvalue weighted by Crippen LogP contribution is -2.41. The highest BCUT2D eigenvalue weighted by Crippen LogP contribution is 2.17. The fourth-order valence-corrected chi connectivity index (χ4v) is 2.99. The molecule has 136 valence electrons. The van der Waals surface area contributed by atoms with Crippen molar-refractivity contribution in [1.29, 1.82) is 0 Å². The van der Waals surface area contributed by atoms with E-state index in [0.717, 1.165) is 49.8 Å². The van der Waals surface area contributed by atoms with Gasteiger partial charge in [-0.15, -0.1) is 0 Å². The average Bonchev–Trinajstić information content (AvgIpc) is 3.20. The molecule has 8 nitrogen and oxygen atoms in total. The van der Waals surface area contributed by atoms with E-state index >= 15 is 0 Å². The molecule has 1 aliphatic heterocycles. The van der Waals surface area contributed by atoms with Crippen LogP contribution >= 0.6 is 0 Å². The predicted molar refractivity (Wildman–Crippen MR) is 95.4 cm³/mol. The van der Waals surface area contributed by atoms with Crippen LogP contribution in [0.1, 0.15) is 51.2 Å². The first-order valence-electron chi connectivity index (χ1n) is 9.05. The Kier molecular flexibility index (Phi) is 5.47. The number of carbonyl (C=O) groups excluding carboxylic acids is 1. The van der Waals surface area contributed by atoms with E-state index in [4.69, 9.17) is 0 Å². The Morgan fingerprint density at radius 3 is 3.04 bits per heavy atom. The smallest absolute Gasteiger partial charge is 0.239 e. The van der Waals surface area contributed by atoms with Crippen LogP contribution in [-0.4, -0.2) is 43.0 Å². The lowest BCUT2D eigenvalue weighted by atomic mass is 10.1. The normalized spacial score (nSPS) is 16.9. The van der Waals surface area contributed by atoms with Crippen molar-refractivity contribution in [2.45, 2.75) is 65.1 Å². The van der Waals surface area contributed by atoms with Gasteiger partial charge in [-0.05, 0) is 12.8 Å². The first kappa shape index (κ1) is 17.6. The van der Waals surface area contributed by atoms with Crippen molar-refractivity contribution in [2.24, 2.45) is 0 Å². The summed E-state index contributed by atoms with van der Waals surface area (Å²) < 4.78 is 3.79. The number of carbonyl (C=O) groups is 1. The average molecular weight is 345 g/mol. The summed E-state index contributed by atoms with van der Waals surface area (Å²) in [6.07, 6.45) is 4.54. The summed E-state index contributed by atoms with van der Waals surface area (Å²) in [4.78, 5) is 16.8. The zero-order valence-electron chi connectivity index (χ0n) is 15.2. The number of amides is 1. The van der Waals surface area contributed by atoms with Gasteiger partial charge < -0.3 is 10.6 Å². The van der Waals surface area contributed by atoms with Crippen LogP contribution in [0.3, 0.4) is 0 Å². The van der Waals surface area contributed by atoms with Crippen LogP contribution in [0.25, 0.3) is 0 Å². The molecule has 0 aliphatic carbocycles. The Balaban J connectivity index is 1.50. The molecule has 0 fully saturated rings. The Hall–Kier alpha value is -2.22. The largest absolute Gasteiger partial charge is 0.310 e. The lowest BCUT2D eigenvalue weighted by molar-refractivity contribution is -0.115. The molecule has 1 aliphatic rings. The molecule has 0 radical (unpaired) electrons. The van der Waals surface area contributed by atoms with Crippen LogP contribution in [0.15, 0.2) is 12.3 Å². The molecule has 1 atom stereocenters. The zero-order chi connectivity index (χ0) is 17.8. The highest BCUT2D eigenvalue weighted by molar-refractivity contribution is 5.91. The maximum absolute atomic E-state index is 12.2. The molecular formula is C17H27N7O. The number of nitrogens with zero attached hydrogens (tertiary/aromatic N) is 5. The van der Waals surface area contributed by atoms with Gasteiger partial charge in [-0.2, -0.15) is 10.2 Å². The molecule has 0 unspecified atom stereocenters. The number of fused-ring (bicyclic) bond motifs is 1. The quantitative estimate of drug-likeness (QED) is 0.795. The number of nitrogens with one attached hydrogen (secondary N) is 2. The predicted octanol–water partition coefficient (Wildman–Crippen LogP) is 1.55. The molecule has 3 heterocycles. The fourth-order valence-electron chi connectivity index (χ4n) is 2.99. The van der Waals surface area contributed by atoms with Gasteiger partial charge in [0, 0.05) is 31.0 Å². The Labute approximate surface area is 148 Å². The van der Waals surface area contributed by atoms with Gasteiger partial charge in [-0.25, -0.2) is 14.3 Å². The molecule has 0 bridgehead atoms. The molecule has 0 aromatic carbocycles. The van der Waals surface area contributed by atoms with E-state index in [2.05, 4.69) is 46.6 Å². The number of anilines is 1. The van der Waals surface area contributed by atoms with E-state index < -0.39 is 0 Å². The van der Waals surface area contributed by atoms with Gasteiger partial charge in [0.2, 0.25) is 5.91 Å². The second-order valence-corrected chi connectivity index (χ2v) is 6.83. The van der Waals surface area contributed by atoms with Gasteiger partial charge in [0.05, 0.1) is 19.3 Å². The van der Waals surface area contributed by atoms with Gasteiger partial charge in [-0.1, -0.05) is 20.8 Å². The molecule has 2 aromatic rings. The van der Waals surface area contributed by atoms with E-state index in [1.54, 1.807) is 6.20 Å². The summed E-state index contributed by atoms with van der Waals surface area (Å²) in [7, 11) is 0. The molecule has 2 aromatic heterocycles. The maximum atomic E-state index is 12.2. The first-order valence-corrected chi connectivity index (χ1v) is 9.05. The van der Waals surface area contributed by atoms with Crippen molar-refractivity contribution in [3.8, 4) is 0 Å². The Morgan fingerprint density at radius 2 is 2.28 bits per heavy atom. The number of hydrogen-bond donors (Lipinski definition) is 2. The second-order valence-electron chi connectivity index (χ2n) is 6.83. The van der Waals surface area contributed by atoms with Crippen molar-refractivity contribution in [1.82, 2.24) is 29.9 Å². The third-order valence-electron chi connectivity index (χ3n) is 4.36. The Bertz CT molecular complexity index is 718. The van der Waals surface area contributed by atoms with Crippen molar-refractivity contribution < 1.29 is 4.79 Å². The summed E-state index contributed by atoms with van der Waals surface area (Å²) in [5.74, 6) is 2.98. The third-order valence-corrected chi connectivity index (χ3v) is 4.36. The van der Waals surface area contributed by atoms with E-state index in [1.165, 1.54) is 0 Å². The van der Waals surface area contributed by atoms with E-state index in [-0.39, 0.29) is 18.5 Å². The molecule has 25 heavy (non-hydrogen) atoms. The van der Waals surface area contributed by atoms with E-state index in [0.29, 0.717) is 5.92 Å². The van der Waals surface area contributed by atoms with Gasteiger partial charge in [0.25, 0.3) is 0 Å². The molecule has 3 rings (SSSR count). The number of aryl methyl sites for hydroxylation is 2. The van der Waals surface area contributed by atoms with Crippen LogP contribution < -0.4 is 10.6 Å². The molecular weight excluding hydrogens is 318 g/mol. The highest BCUT2D eigenvalue weighted by atomic mass is 16.2. The van der Waals surface area contributed by atoms with Crippen molar-refractivity contribution in [2.75, 3.05) is 11.9 Å². The second kappa shape index (κ2) is 7.77. The third kappa shape index (κ3) is 4.25. The fraction of sp³-hybridized carbons (Fsp3) is 0.647. The Morgan fingerprint density at radius 1 is 1.44 bits per heavy atom. The summed E-state index contributed by atoms with van der Waals surface area (Å²) in [6.45, 7) is 8.13. The molecule has 0 saturated carbocycles. The van der Waals surface area contributed by atoms with Gasteiger partial charge in [0.1, 0.15) is 11.6 Å². The topological polar surface area (TPSA) is 89.7 Å². The van der Waals surface area contributed by atoms with Crippen LogP contribution in [0.5, 0.6) is 0 Å². The monoisotopic (exact) mass is 345 g/mol. The minimum Gasteiger partial charge on any atom is -0.310 e. The van der Waals surface area contributed by atoms with Crippen LogP contribution in [0, 0.1) is 0 Å². The highest BCUT2D eigenvalue weighted by Gasteiger charge is 2.22. The van der Waals surface area contributed by atoms with Crippen molar-refractivity contribution >= 4 is 11.7 Å². The summed E-state index contributed by atoms with van der Waals surface area (Å²) in [5, 5.41) is 15.0. The molecule has 0 spiro atoms. The van der Waals surface area contributed by atoms with Gasteiger partial charge >= 0.3 is 0 Å². The zero-order valence-corrected chi connectivity index (χ0v) is 15.2. The molecule has 1 amide bonds. The van der Waals surface area contributed by atoms with Crippen LogP contribution in [-0.2, 0) is 24.3 Å². The molecule has 2 N–H and O–H groups in total. The van der Waals surface area contributed by atoms with Gasteiger partial charge in [0.15, 0.2) is 5.82 Å². The SMILES string of the molecule is CCCn1nccc1NC(=O)CN[C@@H]1CCc2nc(C(C)C)nn2C1. The number of aromatic nitrogens is 5. The maximum Gasteiger partial charge on any atom is 0.239 e. The first-order chi connectivity index (χ1) is 12.1.